The molecule has 1 aliphatic carbocycles. The maximum atomic E-state index is 14.4. The average molecular weight is 920 g/mol. The summed E-state index contributed by atoms with van der Waals surface area (Å²) in [5, 5.41) is 9.00. The predicted octanol–water partition coefficient (Wildman–Crippen LogP) is 6.06. The Hall–Kier alpha value is -2.94. The largest absolute Gasteiger partial charge is 0.465 e. The van der Waals surface area contributed by atoms with Crippen LogP contribution in [-0.2, 0) is 33.5 Å². The Bertz CT molecular complexity index is 1410. The van der Waals surface area contributed by atoms with Gasteiger partial charge < -0.3 is 40.3 Å². The number of rotatable bonds is 36. The van der Waals surface area contributed by atoms with Gasteiger partial charge >= 0.3 is 5.97 Å². The van der Waals surface area contributed by atoms with Crippen LogP contribution >= 0.6 is 0 Å². The van der Waals surface area contributed by atoms with Crippen molar-refractivity contribution in [3.63, 3.8) is 0 Å². The first-order chi connectivity index (χ1) is 30.5. The fraction of sp³-hybridized carbons (Fsp3) is 0.882. The van der Waals surface area contributed by atoms with Crippen LogP contribution in [0.5, 0.6) is 0 Å². The molecule has 0 bridgehead atoms. The predicted molar refractivity (Wildman–Crippen MR) is 263 cm³/mol. The van der Waals surface area contributed by atoms with Crippen LogP contribution in [0.25, 0.3) is 0 Å². The van der Waals surface area contributed by atoms with E-state index in [-0.39, 0.29) is 67.4 Å². The second-order valence-electron chi connectivity index (χ2n) is 21.3. The molecule has 65 heavy (non-hydrogen) atoms. The van der Waals surface area contributed by atoms with Crippen LogP contribution in [-0.4, -0.2) is 163 Å². The third-order valence-electron chi connectivity index (χ3n) is 13.5. The summed E-state index contributed by atoms with van der Waals surface area (Å²) in [5.74, 6) is -2.59. The maximum Gasteiger partial charge on any atom is 0.306 e. The molecule has 3 N–H and O–H groups in total. The third-order valence-corrected chi connectivity index (χ3v) is 13.5. The smallest absolute Gasteiger partial charge is 0.306 e. The molecule has 14 heteroatoms. The van der Waals surface area contributed by atoms with Gasteiger partial charge in [-0.15, -0.1) is 0 Å². The van der Waals surface area contributed by atoms with E-state index in [1.807, 2.05) is 56.1 Å². The van der Waals surface area contributed by atoms with Crippen molar-refractivity contribution in [2.24, 2.45) is 40.4 Å². The third kappa shape index (κ3) is 25.7. The number of nitrogens with zero attached hydrogens (tertiary/aromatic N) is 4. The second kappa shape index (κ2) is 31.9. The first-order valence-corrected chi connectivity index (χ1v) is 25.3. The van der Waals surface area contributed by atoms with Crippen molar-refractivity contribution in [2.75, 3.05) is 108 Å². The highest BCUT2D eigenvalue weighted by atomic mass is 16.5. The van der Waals surface area contributed by atoms with Gasteiger partial charge in [-0.1, -0.05) is 87.0 Å². The van der Waals surface area contributed by atoms with Crippen LogP contribution in [0.15, 0.2) is 0 Å². The number of ether oxygens (including phenoxy) is 1. The summed E-state index contributed by atoms with van der Waals surface area (Å²) >= 11 is 0. The Morgan fingerprint density at radius 1 is 0.569 bits per heavy atom. The fourth-order valence-corrected chi connectivity index (χ4v) is 8.78. The number of Topliss-reactive ketones (excluding diaryl/α,β-unsaturated/α-hetero) is 2. The number of amides is 3. The Balaban J connectivity index is 3.19. The van der Waals surface area contributed by atoms with Crippen molar-refractivity contribution in [1.82, 2.24) is 35.6 Å². The molecule has 1 fully saturated rings. The molecule has 3 amide bonds. The van der Waals surface area contributed by atoms with Crippen molar-refractivity contribution in [3.05, 3.63) is 0 Å². The molecule has 0 aromatic rings. The summed E-state index contributed by atoms with van der Waals surface area (Å²) in [4.78, 5) is 91.4. The van der Waals surface area contributed by atoms with Crippen molar-refractivity contribution in [1.29, 1.82) is 0 Å². The summed E-state index contributed by atoms with van der Waals surface area (Å²) in [6, 6.07) is 0. The Kier molecular flexibility index (Phi) is 29.5. The summed E-state index contributed by atoms with van der Waals surface area (Å²) in [6.07, 6.45) is 10.4. The van der Waals surface area contributed by atoms with E-state index in [0.717, 1.165) is 57.8 Å². The van der Waals surface area contributed by atoms with Gasteiger partial charge in [0.15, 0.2) is 0 Å². The van der Waals surface area contributed by atoms with Gasteiger partial charge in [-0.2, -0.15) is 0 Å². The molecular formula is C51H97N7O7. The number of esters is 1. The molecule has 1 aliphatic rings. The van der Waals surface area contributed by atoms with Gasteiger partial charge in [0.05, 0.1) is 13.0 Å². The zero-order chi connectivity index (χ0) is 49.2. The van der Waals surface area contributed by atoms with E-state index in [1.54, 1.807) is 27.7 Å². The summed E-state index contributed by atoms with van der Waals surface area (Å²) in [6.45, 7) is 19.7. The number of ketones is 2. The summed E-state index contributed by atoms with van der Waals surface area (Å²) < 4.78 is 5.78. The molecule has 14 nitrogen and oxygen atoms in total. The zero-order valence-corrected chi connectivity index (χ0v) is 43.7. The van der Waals surface area contributed by atoms with Crippen LogP contribution in [0, 0.1) is 40.4 Å². The van der Waals surface area contributed by atoms with Crippen molar-refractivity contribution in [2.45, 2.75) is 145 Å². The molecule has 0 saturated heterocycles. The van der Waals surface area contributed by atoms with E-state index in [0.29, 0.717) is 51.7 Å². The highest BCUT2D eigenvalue weighted by Gasteiger charge is 2.41. The lowest BCUT2D eigenvalue weighted by molar-refractivity contribution is -0.150. The molecule has 378 valence electrons. The van der Waals surface area contributed by atoms with Crippen LogP contribution in [0.4, 0.5) is 0 Å². The minimum absolute atomic E-state index is 0.0187. The molecule has 0 heterocycles. The first kappa shape index (κ1) is 60.1. The lowest BCUT2D eigenvalue weighted by Gasteiger charge is -2.33. The summed E-state index contributed by atoms with van der Waals surface area (Å²) in [5.41, 5.74) is -2.10. The van der Waals surface area contributed by atoms with E-state index in [9.17, 15) is 28.8 Å². The lowest BCUT2D eigenvalue weighted by Crippen LogP contribution is -2.43. The van der Waals surface area contributed by atoms with E-state index in [2.05, 4.69) is 42.5 Å². The fourth-order valence-electron chi connectivity index (χ4n) is 8.78. The van der Waals surface area contributed by atoms with Crippen molar-refractivity contribution >= 4 is 35.3 Å². The molecule has 0 aliphatic heterocycles. The topological polar surface area (TPSA) is 161 Å². The molecule has 0 radical (unpaired) electrons. The van der Waals surface area contributed by atoms with Gasteiger partial charge in [-0.3, -0.25) is 28.8 Å². The van der Waals surface area contributed by atoms with Gasteiger partial charge in [0.1, 0.15) is 11.6 Å². The Morgan fingerprint density at radius 2 is 1.06 bits per heavy atom. The molecule has 0 spiro atoms. The molecule has 0 aromatic heterocycles. The van der Waals surface area contributed by atoms with E-state index >= 15 is 0 Å². The van der Waals surface area contributed by atoms with Gasteiger partial charge in [0, 0.05) is 100 Å². The first-order valence-electron chi connectivity index (χ1n) is 25.3. The minimum atomic E-state index is -1.07. The number of nitrogens with one attached hydrogen (secondary N) is 3. The molecule has 3 atom stereocenters. The molecular weight excluding hydrogens is 823 g/mol. The monoisotopic (exact) mass is 920 g/mol. The standard InChI is InChI=1S/C51H97N7O7/c1-14-17-19-39-20-22-40(23-21-39)38-65-46(61)35-41(16-3)47(62)51(6,7)37-42(48(63)54-26-28-58(13)32-30-56(10)11)33-44(59)50(4,5)36-43(49(64)53-24-18-15-2)34-45(60)52-25-27-57(12)31-29-55(8)9/h39-43H,14-38H2,1-13H3,(H,52,60)(H,53,64)(H,54,63). The van der Waals surface area contributed by atoms with Gasteiger partial charge in [0.25, 0.3) is 0 Å². The molecule has 0 aromatic carbocycles. The highest BCUT2D eigenvalue weighted by Crippen LogP contribution is 2.37. The zero-order valence-electron chi connectivity index (χ0n) is 43.7. The van der Waals surface area contributed by atoms with Gasteiger partial charge in [-0.05, 0) is 92.6 Å². The van der Waals surface area contributed by atoms with Crippen molar-refractivity contribution in [3.8, 4) is 0 Å². The van der Waals surface area contributed by atoms with E-state index in [4.69, 9.17) is 4.74 Å². The van der Waals surface area contributed by atoms with E-state index in [1.165, 1.54) is 32.1 Å². The summed E-state index contributed by atoms with van der Waals surface area (Å²) in [7, 11) is 12.1. The Morgan fingerprint density at radius 3 is 1.58 bits per heavy atom. The lowest BCUT2D eigenvalue weighted by atomic mass is 9.70. The van der Waals surface area contributed by atoms with Crippen LogP contribution in [0.3, 0.4) is 0 Å². The van der Waals surface area contributed by atoms with Crippen LogP contribution in [0.2, 0.25) is 0 Å². The van der Waals surface area contributed by atoms with Crippen LogP contribution in [0.1, 0.15) is 145 Å². The van der Waals surface area contributed by atoms with Crippen LogP contribution < -0.4 is 16.0 Å². The molecule has 3 unspecified atom stereocenters. The normalized spacial score (nSPS) is 17.2. The Labute approximate surface area is 396 Å². The number of hydrogen-bond donors (Lipinski definition) is 3. The second-order valence-corrected chi connectivity index (χ2v) is 21.3. The quantitative estimate of drug-likeness (QED) is 0.0495. The molecule has 1 rings (SSSR count). The van der Waals surface area contributed by atoms with Crippen molar-refractivity contribution < 1.29 is 33.5 Å². The number of carbonyl (C=O) groups is 6. The minimum Gasteiger partial charge on any atom is -0.465 e. The molecule has 1 saturated carbocycles. The number of hydrogen-bond acceptors (Lipinski definition) is 11. The highest BCUT2D eigenvalue weighted by molar-refractivity contribution is 5.93. The average Bonchev–Trinajstić information content (AvgIpc) is 3.24. The van der Waals surface area contributed by atoms with E-state index < -0.39 is 28.6 Å². The number of unbranched alkanes of at least 4 members (excludes halogenated alkanes) is 2. The van der Waals surface area contributed by atoms with Gasteiger partial charge in [0.2, 0.25) is 17.7 Å². The SMILES string of the molecule is CCCCNC(=O)C(CC(=O)NCCN(C)CCN(C)C)CC(C)(C)C(=O)CC(CC(C)(C)C(=O)C(CC)CC(=O)OCC1CCC(CCCC)CC1)C(=O)NCCN(C)CCN(C)C. The maximum absolute atomic E-state index is 14.4. The number of carbonyl (C=O) groups excluding carboxylic acids is 6. The van der Waals surface area contributed by atoms with Gasteiger partial charge in [-0.25, -0.2) is 0 Å². The number of likely N-dealkylation sites (N-methyl/N-ethyl adjacent to an activating group) is 4.